The molecule has 0 unspecified atom stereocenters. The van der Waals surface area contributed by atoms with Crippen molar-refractivity contribution in [3.8, 4) is 0 Å². The van der Waals surface area contributed by atoms with Gasteiger partial charge in [0.05, 0.1) is 10.6 Å². The number of rotatable bonds is 10. The molecule has 0 spiro atoms. The number of amides is 2. The molecule has 1 fully saturated rings. The van der Waals surface area contributed by atoms with E-state index in [1.54, 1.807) is 61.5 Å². The maximum absolute atomic E-state index is 14.0. The summed E-state index contributed by atoms with van der Waals surface area (Å²) in [7, 11) is -4.17. The van der Waals surface area contributed by atoms with Crippen molar-refractivity contribution in [1.29, 1.82) is 0 Å². The van der Waals surface area contributed by atoms with Crippen molar-refractivity contribution < 1.29 is 18.0 Å². The lowest BCUT2D eigenvalue weighted by atomic mass is 10.1. The zero-order valence-electron chi connectivity index (χ0n) is 21.9. The van der Waals surface area contributed by atoms with Gasteiger partial charge in [0, 0.05) is 27.7 Å². The number of sulfonamides is 1. The van der Waals surface area contributed by atoms with Gasteiger partial charge in [0.15, 0.2) is 0 Å². The summed E-state index contributed by atoms with van der Waals surface area (Å²) in [6.45, 7) is 1.04. The van der Waals surface area contributed by atoms with Crippen molar-refractivity contribution in [3.63, 3.8) is 0 Å². The van der Waals surface area contributed by atoms with Crippen LogP contribution in [-0.2, 0) is 26.2 Å². The predicted molar refractivity (Wildman–Crippen MR) is 159 cm³/mol. The second-order valence-corrected chi connectivity index (χ2v) is 12.9. The second-order valence-electron chi connectivity index (χ2n) is 9.73. The van der Waals surface area contributed by atoms with Crippen molar-refractivity contribution in [2.24, 2.45) is 0 Å². The number of benzene rings is 3. The highest BCUT2D eigenvalue weighted by atomic mass is 35.5. The molecule has 7 nitrogen and oxygen atoms in total. The van der Waals surface area contributed by atoms with E-state index in [4.69, 9.17) is 34.8 Å². The van der Waals surface area contributed by atoms with Gasteiger partial charge >= 0.3 is 0 Å². The third-order valence-electron chi connectivity index (χ3n) is 6.93. The van der Waals surface area contributed by atoms with Crippen LogP contribution < -0.4 is 9.62 Å². The van der Waals surface area contributed by atoms with Crippen LogP contribution in [0.4, 0.5) is 5.69 Å². The Bertz CT molecular complexity index is 1460. The third kappa shape index (κ3) is 7.29. The lowest BCUT2D eigenvalue weighted by molar-refractivity contribution is -0.139. The van der Waals surface area contributed by atoms with Crippen LogP contribution in [0.2, 0.25) is 15.1 Å². The van der Waals surface area contributed by atoms with Crippen LogP contribution >= 0.6 is 34.8 Å². The zero-order chi connectivity index (χ0) is 28.9. The second kappa shape index (κ2) is 13.3. The smallest absolute Gasteiger partial charge is 0.264 e. The molecule has 0 bridgehead atoms. The van der Waals surface area contributed by atoms with E-state index in [2.05, 4.69) is 5.32 Å². The van der Waals surface area contributed by atoms with Crippen LogP contribution in [0.3, 0.4) is 0 Å². The standard InChI is InChI=1S/C29H30Cl3N3O4S/c1-20(29(37)33-24-9-5-6-10-24)34(18-21-14-15-23(31)17-27(21)32)28(36)19-35(25-11-7-8-22(30)16-25)40(38,39)26-12-3-2-4-13-26/h2-4,7-8,11-17,20,24H,5-6,9-10,18-19H2,1H3,(H,33,37)/t20-/m0/s1. The van der Waals surface area contributed by atoms with Gasteiger partial charge in [-0.3, -0.25) is 13.9 Å². The van der Waals surface area contributed by atoms with Crippen molar-refractivity contribution >= 4 is 62.3 Å². The molecule has 11 heteroatoms. The number of hydrogen-bond acceptors (Lipinski definition) is 4. The van der Waals surface area contributed by atoms with Gasteiger partial charge in [-0.15, -0.1) is 0 Å². The molecule has 3 aromatic carbocycles. The molecule has 3 aromatic rings. The Balaban J connectivity index is 1.70. The Kier molecular flexibility index (Phi) is 10.0. The molecular weight excluding hydrogens is 593 g/mol. The first-order valence-electron chi connectivity index (χ1n) is 12.9. The summed E-state index contributed by atoms with van der Waals surface area (Å²) in [6, 6.07) is 18.1. The van der Waals surface area contributed by atoms with Gasteiger partial charge in [0.25, 0.3) is 10.0 Å². The normalized spacial score (nSPS) is 14.5. The number of halogens is 3. The van der Waals surface area contributed by atoms with Gasteiger partial charge in [0.1, 0.15) is 12.6 Å². The van der Waals surface area contributed by atoms with Crippen LogP contribution in [0.1, 0.15) is 38.2 Å². The maximum atomic E-state index is 14.0. The molecule has 1 aliphatic carbocycles. The van der Waals surface area contributed by atoms with Crippen molar-refractivity contribution in [2.75, 3.05) is 10.8 Å². The molecule has 212 valence electrons. The molecule has 1 atom stereocenters. The van der Waals surface area contributed by atoms with Gasteiger partial charge < -0.3 is 10.2 Å². The largest absolute Gasteiger partial charge is 0.352 e. The molecule has 1 N–H and O–H groups in total. The van der Waals surface area contributed by atoms with E-state index >= 15 is 0 Å². The Hall–Kier alpha value is -2.78. The number of anilines is 1. The Morgan fingerprint density at radius 2 is 1.60 bits per heavy atom. The molecular formula is C29H30Cl3N3O4S. The highest BCUT2D eigenvalue weighted by Crippen LogP contribution is 2.28. The third-order valence-corrected chi connectivity index (χ3v) is 9.54. The van der Waals surface area contributed by atoms with E-state index in [9.17, 15) is 18.0 Å². The highest BCUT2D eigenvalue weighted by Gasteiger charge is 2.33. The quantitative estimate of drug-likeness (QED) is 0.287. The summed E-state index contributed by atoms with van der Waals surface area (Å²) >= 11 is 18.7. The van der Waals surface area contributed by atoms with Gasteiger partial charge in [-0.25, -0.2) is 8.42 Å². The lowest BCUT2D eigenvalue weighted by Crippen LogP contribution is -2.52. The van der Waals surface area contributed by atoms with E-state index in [0.29, 0.717) is 20.6 Å². The lowest BCUT2D eigenvalue weighted by Gasteiger charge is -2.32. The van der Waals surface area contributed by atoms with Crippen LogP contribution in [0.5, 0.6) is 0 Å². The van der Waals surface area contributed by atoms with E-state index in [1.807, 2.05) is 0 Å². The summed E-state index contributed by atoms with van der Waals surface area (Å²) in [5, 5.41) is 4.11. The van der Waals surface area contributed by atoms with E-state index in [0.717, 1.165) is 30.0 Å². The number of hydrogen-bond donors (Lipinski definition) is 1. The molecule has 0 radical (unpaired) electrons. The summed E-state index contributed by atoms with van der Waals surface area (Å²) in [5.74, 6) is -0.898. The fraction of sp³-hybridized carbons (Fsp3) is 0.310. The van der Waals surface area contributed by atoms with Crippen molar-refractivity contribution in [2.45, 2.75) is 56.1 Å². The molecule has 4 rings (SSSR count). The van der Waals surface area contributed by atoms with Crippen LogP contribution in [0.15, 0.2) is 77.7 Å². The highest BCUT2D eigenvalue weighted by molar-refractivity contribution is 7.92. The molecule has 40 heavy (non-hydrogen) atoms. The number of nitrogens with zero attached hydrogens (tertiary/aromatic N) is 2. The molecule has 0 aliphatic heterocycles. The van der Waals surface area contributed by atoms with Crippen molar-refractivity contribution in [3.05, 3.63) is 93.4 Å². The minimum atomic E-state index is -4.17. The summed E-state index contributed by atoms with van der Waals surface area (Å²) in [6.07, 6.45) is 3.84. The topological polar surface area (TPSA) is 86.8 Å². The monoisotopic (exact) mass is 621 g/mol. The maximum Gasteiger partial charge on any atom is 0.264 e. The van der Waals surface area contributed by atoms with Crippen LogP contribution in [0, 0.1) is 0 Å². The average Bonchev–Trinajstić information content (AvgIpc) is 3.44. The first kappa shape index (κ1) is 30.2. The van der Waals surface area contributed by atoms with Crippen LogP contribution in [-0.4, -0.2) is 43.8 Å². The first-order valence-corrected chi connectivity index (χ1v) is 15.5. The number of carbonyl (C=O) groups is 2. The molecule has 2 amide bonds. The molecule has 0 aromatic heterocycles. The van der Waals surface area contributed by atoms with E-state index in [1.165, 1.54) is 23.1 Å². The SMILES string of the molecule is C[C@@H](C(=O)NC1CCCC1)N(Cc1ccc(Cl)cc1Cl)C(=O)CN(c1cccc(Cl)c1)S(=O)(=O)c1ccccc1. The van der Waals surface area contributed by atoms with Gasteiger partial charge in [0.2, 0.25) is 11.8 Å². The predicted octanol–water partition coefficient (Wildman–Crippen LogP) is 6.32. The van der Waals surface area contributed by atoms with E-state index in [-0.39, 0.29) is 29.1 Å². The van der Waals surface area contributed by atoms with Crippen LogP contribution in [0.25, 0.3) is 0 Å². The number of carbonyl (C=O) groups excluding carboxylic acids is 2. The summed E-state index contributed by atoms with van der Waals surface area (Å²) in [4.78, 5) is 28.6. The average molecular weight is 623 g/mol. The fourth-order valence-electron chi connectivity index (χ4n) is 4.69. The first-order chi connectivity index (χ1) is 19.1. The minimum absolute atomic E-state index is 0.0158. The zero-order valence-corrected chi connectivity index (χ0v) is 25.0. The fourth-order valence-corrected chi connectivity index (χ4v) is 6.77. The Labute approximate surface area is 250 Å². The van der Waals surface area contributed by atoms with Crippen molar-refractivity contribution in [1.82, 2.24) is 10.2 Å². The minimum Gasteiger partial charge on any atom is -0.352 e. The van der Waals surface area contributed by atoms with E-state index < -0.39 is 28.5 Å². The summed E-state index contributed by atoms with van der Waals surface area (Å²) < 4.78 is 28.6. The Morgan fingerprint density at radius 3 is 2.25 bits per heavy atom. The van der Waals surface area contributed by atoms with Gasteiger partial charge in [-0.1, -0.05) is 78.0 Å². The molecule has 0 heterocycles. The molecule has 1 saturated carbocycles. The summed E-state index contributed by atoms with van der Waals surface area (Å²) in [5.41, 5.74) is 0.789. The van der Waals surface area contributed by atoms with Gasteiger partial charge in [-0.05, 0) is 67.8 Å². The van der Waals surface area contributed by atoms with Gasteiger partial charge in [-0.2, -0.15) is 0 Å². The molecule has 1 aliphatic rings. The number of nitrogens with one attached hydrogen (secondary N) is 1. The Morgan fingerprint density at radius 1 is 0.925 bits per heavy atom. The molecule has 0 saturated heterocycles.